The van der Waals surface area contributed by atoms with Crippen LogP contribution >= 0.6 is 0 Å². The summed E-state index contributed by atoms with van der Waals surface area (Å²) in [6, 6.07) is 7.04. The number of aryl methyl sites for hydroxylation is 3. The number of likely N-dealkylation sites (N-methyl/N-ethyl adjacent to an activating group) is 1. The summed E-state index contributed by atoms with van der Waals surface area (Å²) in [5.41, 5.74) is 5.08. The minimum Gasteiger partial charge on any atom is -0.396 e. The average molecular weight is 354 g/mol. The predicted molar refractivity (Wildman–Crippen MR) is 108 cm³/mol. The third-order valence-electron chi connectivity index (χ3n) is 7.03. The second kappa shape index (κ2) is 6.50. The number of benzene rings is 1. The van der Waals surface area contributed by atoms with Crippen LogP contribution in [0.3, 0.4) is 0 Å². The summed E-state index contributed by atoms with van der Waals surface area (Å²) in [5, 5.41) is 11.4. The van der Waals surface area contributed by atoms with Crippen LogP contribution in [0.2, 0.25) is 0 Å². The molecule has 0 amide bonds. The van der Waals surface area contributed by atoms with E-state index in [4.69, 9.17) is 4.98 Å². The lowest BCUT2D eigenvalue weighted by atomic mass is 9.69. The molecule has 4 heteroatoms. The first kappa shape index (κ1) is 17.7. The molecule has 1 N–H and O–H groups in total. The molecule has 2 aliphatic heterocycles. The van der Waals surface area contributed by atoms with E-state index in [1.54, 1.807) is 0 Å². The Morgan fingerprint density at radius 3 is 2.73 bits per heavy atom. The molecule has 4 nitrogen and oxygen atoms in total. The van der Waals surface area contributed by atoms with Crippen molar-refractivity contribution in [3.05, 3.63) is 34.9 Å². The van der Waals surface area contributed by atoms with Gasteiger partial charge in [-0.25, -0.2) is 4.98 Å². The van der Waals surface area contributed by atoms with Crippen molar-refractivity contribution in [2.45, 2.75) is 46.1 Å². The number of anilines is 1. The van der Waals surface area contributed by atoms with Gasteiger partial charge in [0.2, 0.25) is 0 Å². The highest BCUT2D eigenvalue weighted by Gasteiger charge is 2.46. The summed E-state index contributed by atoms with van der Waals surface area (Å²) in [7, 11) is 2.21. The molecular formula is C22H31N3O. The molecule has 3 heterocycles. The van der Waals surface area contributed by atoms with Crippen molar-refractivity contribution in [3.8, 4) is 0 Å². The van der Waals surface area contributed by atoms with Gasteiger partial charge >= 0.3 is 0 Å². The van der Waals surface area contributed by atoms with E-state index < -0.39 is 0 Å². The maximum Gasteiger partial charge on any atom is 0.129 e. The zero-order chi connectivity index (χ0) is 18.5. The molecule has 0 saturated carbocycles. The van der Waals surface area contributed by atoms with Gasteiger partial charge in [-0.3, -0.25) is 0 Å². The lowest BCUT2D eigenvalue weighted by Gasteiger charge is -2.53. The largest absolute Gasteiger partial charge is 0.396 e. The number of fused-ring (bicyclic) bond motifs is 2. The van der Waals surface area contributed by atoms with Crippen molar-refractivity contribution in [2.75, 3.05) is 38.2 Å². The molecule has 0 radical (unpaired) electrons. The standard InChI is InChI=1S/C22H31N3O/c1-15-6-7-18-16(2)12-20(23-21(18)17(15)3)25-11-9-22(14-26)8-5-10-24(4)19(22)13-25/h6-7,12,19,26H,5,8-11,13-14H2,1-4H3/t19-,22-/m1/s1. The summed E-state index contributed by atoms with van der Waals surface area (Å²) < 4.78 is 0. The fraction of sp³-hybridized carbons (Fsp3) is 0.591. The Morgan fingerprint density at radius 2 is 1.96 bits per heavy atom. The Bertz CT molecular complexity index is 834. The first-order chi connectivity index (χ1) is 12.4. The van der Waals surface area contributed by atoms with Gasteiger partial charge in [-0.1, -0.05) is 12.1 Å². The second-order valence-corrected chi connectivity index (χ2v) is 8.52. The first-order valence-electron chi connectivity index (χ1n) is 9.89. The number of hydrogen-bond acceptors (Lipinski definition) is 4. The van der Waals surface area contributed by atoms with E-state index in [0.29, 0.717) is 12.6 Å². The zero-order valence-corrected chi connectivity index (χ0v) is 16.5. The minimum absolute atomic E-state index is 0.0713. The van der Waals surface area contributed by atoms with Gasteiger partial charge in [-0.05, 0) is 76.4 Å². The molecule has 4 rings (SSSR count). The fourth-order valence-electron chi connectivity index (χ4n) is 5.07. The Hall–Kier alpha value is -1.65. The lowest BCUT2D eigenvalue weighted by Crippen LogP contribution is -2.61. The molecule has 140 valence electrons. The Labute approximate surface area is 156 Å². The number of rotatable bonds is 2. The molecule has 26 heavy (non-hydrogen) atoms. The lowest BCUT2D eigenvalue weighted by molar-refractivity contribution is -0.0277. The van der Waals surface area contributed by atoms with Gasteiger partial charge in [0.15, 0.2) is 0 Å². The number of aliphatic hydroxyl groups is 1. The molecule has 2 aromatic rings. The van der Waals surface area contributed by atoms with Crippen LogP contribution in [-0.2, 0) is 0 Å². The van der Waals surface area contributed by atoms with Crippen LogP contribution in [0, 0.1) is 26.2 Å². The zero-order valence-electron chi connectivity index (χ0n) is 16.5. The molecule has 0 bridgehead atoms. The van der Waals surface area contributed by atoms with Crippen LogP contribution < -0.4 is 4.90 Å². The van der Waals surface area contributed by atoms with Gasteiger partial charge in [-0.15, -0.1) is 0 Å². The van der Waals surface area contributed by atoms with Crippen LogP contribution in [0.1, 0.15) is 36.0 Å². The van der Waals surface area contributed by atoms with Crippen molar-refractivity contribution in [1.82, 2.24) is 9.88 Å². The quantitative estimate of drug-likeness (QED) is 0.898. The molecule has 1 aromatic carbocycles. The molecule has 0 aliphatic carbocycles. The molecular weight excluding hydrogens is 322 g/mol. The van der Waals surface area contributed by atoms with Crippen molar-refractivity contribution in [2.24, 2.45) is 5.41 Å². The molecule has 2 aliphatic rings. The third kappa shape index (κ3) is 2.71. The van der Waals surface area contributed by atoms with E-state index >= 15 is 0 Å². The first-order valence-corrected chi connectivity index (χ1v) is 9.89. The summed E-state index contributed by atoms with van der Waals surface area (Å²) >= 11 is 0. The van der Waals surface area contributed by atoms with Crippen molar-refractivity contribution in [1.29, 1.82) is 0 Å². The number of pyridine rings is 1. The summed E-state index contributed by atoms with van der Waals surface area (Å²) in [6.07, 6.45) is 3.39. The fourth-order valence-corrected chi connectivity index (χ4v) is 5.07. The maximum absolute atomic E-state index is 10.1. The molecule has 1 aromatic heterocycles. The van der Waals surface area contributed by atoms with Crippen LogP contribution in [0.4, 0.5) is 5.82 Å². The SMILES string of the molecule is Cc1ccc2c(C)cc(N3CC[C@@]4(CO)CCCN(C)[C@@H]4C3)nc2c1C. The number of hydrogen-bond donors (Lipinski definition) is 1. The van der Waals surface area contributed by atoms with Crippen LogP contribution in [-0.4, -0.2) is 54.3 Å². The molecule has 0 unspecified atom stereocenters. The predicted octanol–water partition coefficient (Wildman–Crippen LogP) is 3.44. The summed E-state index contributed by atoms with van der Waals surface area (Å²) in [6.45, 7) is 9.90. The summed E-state index contributed by atoms with van der Waals surface area (Å²) in [4.78, 5) is 9.97. The Balaban J connectivity index is 1.71. The number of aliphatic hydroxyl groups excluding tert-OH is 1. The van der Waals surface area contributed by atoms with E-state index in [1.807, 2.05) is 0 Å². The van der Waals surface area contributed by atoms with Crippen LogP contribution in [0.15, 0.2) is 18.2 Å². The smallest absolute Gasteiger partial charge is 0.129 e. The van der Waals surface area contributed by atoms with Crippen molar-refractivity contribution in [3.63, 3.8) is 0 Å². The summed E-state index contributed by atoms with van der Waals surface area (Å²) in [5.74, 6) is 1.09. The van der Waals surface area contributed by atoms with Crippen molar-refractivity contribution < 1.29 is 5.11 Å². The molecule has 2 atom stereocenters. The molecule has 2 saturated heterocycles. The van der Waals surface area contributed by atoms with Gasteiger partial charge in [0.25, 0.3) is 0 Å². The van der Waals surface area contributed by atoms with E-state index in [9.17, 15) is 5.11 Å². The van der Waals surface area contributed by atoms with E-state index in [-0.39, 0.29) is 5.41 Å². The topological polar surface area (TPSA) is 39.6 Å². The average Bonchev–Trinajstić information content (AvgIpc) is 2.65. The normalized spacial score (nSPS) is 27.0. The van der Waals surface area contributed by atoms with E-state index in [1.165, 1.54) is 28.5 Å². The molecule has 2 fully saturated rings. The third-order valence-corrected chi connectivity index (χ3v) is 7.03. The highest BCUT2D eigenvalue weighted by molar-refractivity contribution is 5.87. The Kier molecular flexibility index (Phi) is 4.44. The van der Waals surface area contributed by atoms with Crippen LogP contribution in [0.5, 0.6) is 0 Å². The monoisotopic (exact) mass is 353 g/mol. The highest BCUT2D eigenvalue weighted by atomic mass is 16.3. The van der Waals surface area contributed by atoms with E-state index in [0.717, 1.165) is 43.8 Å². The number of aromatic nitrogens is 1. The van der Waals surface area contributed by atoms with Gasteiger partial charge in [0.05, 0.1) is 12.1 Å². The van der Waals surface area contributed by atoms with Gasteiger partial charge in [0.1, 0.15) is 5.82 Å². The van der Waals surface area contributed by atoms with Gasteiger partial charge < -0.3 is 14.9 Å². The number of likely N-dealkylation sites (tertiary alicyclic amines) is 1. The minimum atomic E-state index is 0.0713. The second-order valence-electron chi connectivity index (χ2n) is 8.52. The van der Waals surface area contributed by atoms with Gasteiger partial charge in [-0.2, -0.15) is 0 Å². The van der Waals surface area contributed by atoms with Gasteiger partial charge in [0, 0.05) is 29.9 Å². The van der Waals surface area contributed by atoms with Crippen molar-refractivity contribution >= 4 is 16.7 Å². The number of piperidine rings is 2. The number of nitrogens with zero attached hydrogens (tertiary/aromatic N) is 3. The molecule has 0 spiro atoms. The van der Waals surface area contributed by atoms with E-state index in [2.05, 4.69) is 55.8 Å². The maximum atomic E-state index is 10.1. The Morgan fingerprint density at radius 1 is 1.15 bits per heavy atom. The highest BCUT2D eigenvalue weighted by Crippen LogP contribution is 2.42. The van der Waals surface area contributed by atoms with Crippen LogP contribution in [0.25, 0.3) is 10.9 Å².